The Hall–Kier alpha value is -0.630. The minimum absolute atomic E-state index is 0.0346. The largest absolute Gasteiger partial charge is 0.370 e. The van der Waals surface area contributed by atoms with E-state index in [1.807, 2.05) is 0 Å². The standard InChI is InChI=1S/C15H26O2/c1-3-5-7-8-10-15-12-13(16)11-14(17-15)9-6-4-2/h6,9,14-15H,3-5,7-8,10-12H2,1-2H3/b9-6+/t14-,15+/m1/s1. The highest BCUT2D eigenvalue weighted by atomic mass is 16.5. The second-order valence-corrected chi connectivity index (χ2v) is 4.93. The van der Waals surface area contributed by atoms with Crippen molar-refractivity contribution < 1.29 is 9.53 Å². The maximum atomic E-state index is 11.6. The van der Waals surface area contributed by atoms with Gasteiger partial charge in [-0.25, -0.2) is 0 Å². The van der Waals surface area contributed by atoms with E-state index in [1.54, 1.807) is 0 Å². The molecule has 0 bridgehead atoms. The minimum Gasteiger partial charge on any atom is -0.370 e. The van der Waals surface area contributed by atoms with Crippen molar-refractivity contribution in [2.24, 2.45) is 0 Å². The maximum Gasteiger partial charge on any atom is 0.138 e. The van der Waals surface area contributed by atoms with E-state index in [2.05, 4.69) is 26.0 Å². The SMILES string of the molecule is CC/C=C/[C@@H]1CC(=O)C[C@H](CCCCCC)O1. The van der Waals surface area contributed by atoms with Crippen LogP contribution in [0.15, 0.2) is 12.2 Å². The van der Waals surface area contributed by atoms with Gasteiger partial charge in [0.05, 0.1) is 12.2 Å². The molecule has 2 heteroatoms. The second kappa shape index (κ2) is 8.46. The van der Waals surface area contributed by atoms with Gasteiger partial charge in [0, 0.05) is 12.8 Å². The fourth-order valence-electron chi connectivity index (χ4n) is 2.28. The Morgan fingerprint density at radius 3 is 2.76 bits per heavy atom. The Morgan fingerprint density at radius 1 is 1.24 bits per heavy atom. The number of ether oxygens (including phenoxy) is 1. The molecule has 0 spiro atoms. The van der Waals surface area contributed by atoms with Gasteiger partial charge >= 0.3 is 0 Å². The summed E-state index contributed by atoms with van der Waals surface area (Å²) < 4.78 is 5.93. The molecule has 0 amide bonds. The van der Waals surface area contributed by atoms with Crippen molar-refractivity contribution in [1.29, 1.82) is 0 Å². The Morgan fingerprint density at radius 2 is 2.06 bits per heavy atom. The number of Topliss-reactive ketones (excluding diaryl/α,β-unsaturated/α-hetero) is 1. The van der Waals surface area contributed by atoms with Crippen LogP contribution in [-0.4, -0.2) is 18.0 Å². The van der Waals surface area contributed by atoms with Crippen LogP contribution in [0.25, 0.3) is 0 Å². The molecule has 98 valence electrons. The predicted octanol–water partition coefficient (Wildman–Crippen LogP) is 4.04. The summed E-state index contributed by atoms with van der Waals surface area (Å²) in [5, 5.41) is 0. The van der Waals surface area contributed by atoms with Crippen molar-refractivity contribution in [1.82, 2.24) is 0 Å². The first-order valence-electron chi connectivity index (χ1n) is 7.10. The molecule has 2 nitrogen and oxygen atoms in total. The molecule has 0 aromatic carbocycles. The molecule has 1 rings (SSSR count). The molecule has 0 saturated carbocycles. The number of rotatable bonds is 7. The van der Waals surface area contributed by atoms with Gasteiger partial charge in [-0.1, -0.05) is 51.7 Å². The molecule has 0 N–H and O–H groups in total. The molecule has 0 aliphatic carbocycles. The summed E-state index contributed by atoms with van der Waals surface area (Å²) in [5.41, 5.74) is 0. The van der Waals surface area contributed by atoms with Gasteiger partial charge in [0.1, 0.15) is 5.78 Å². The maximum absolute atomic E-state index is 11.6. The summed E-state index contributed by atoms with van der Waals surface area (Å²) in [4.78, 5) is 11.6. The Bertz CT molecular complexity index is 245. The molecule has 1 saturated heterocycles. The minimum atomic E-state index is 0.0346. The van der Waals surface area contributed by atoms with E-state index in [0.29, 0.717) is 18.6 Å². The molecular formula is C15H26O2. The smallest absolute Gasteiger partial charge is 0.138 e. The zero-order chi connectivity index (χ0) is 12.5. The van der Waals surface area contributed by atoms with Gasteiger partial charge in [0.2, 0.25) is 0 Å². The molecule has 1 fully saturated rings. The van der Waals surface area contributed by atoms with Crippen molar-refractivity contribution >= 4 is 5.78 Å². The topological polar surface area (TPSA) is 26.3 Å². The Labute approximate surface area is 105 Å². The highest BCUT2D eigenvalue weighted by Crippen LogP contribution is 2.21. The fourth-order valence-corrected chi connectivity index (χ4v) is 2.28. The van der Waals surface area contributed by atoms with Crippen LogP contribution in [0, 0.1) is 0 Å². The lowest BCUT2D eigenvalue weighted by atomic mass is 9.98. The highest BCUT2D eigenvalue weighted by molar-refractivity contribution is 5.80. The highest BCUT2D eigenvalue weighted by Gasteiger charge is 2.25. The third kappa shape index (κ3) is 6.02. The van der Waals surface area contributed by atoms with Crippen LogP contribution in [0.4, 0.5) is 0 Å². The number of unbranched alkanes of at least 4 members (excludes halogenated alkanes) is 3. The number of carbonyl (C=O) groups is 1. The van der Waals surface area contributed by atoms with E-state index < -0.39 is 0 Å². The zero-order valence-corrected chi connectivity index (χ0v) is 11.3. The summed E-state index contributed by atoms with van der Waals surface area (Å²) in [5.74, 6) is 0.363. The van der Waals surface area contributed by atoms with Crippen LogP contribution in [0.1, 0.15) is 65.2 Å². The van der Waals surface area contributed by atoms with Crippen molar-refractivity contribution in [3.8, 4) is 0 Å². The molecule has 1 aliphatic rings. The summed E-state index contributed by atoms with van der Waals surface area (Å²) in [6.07, 6.45) is 12.6. The molecule has 0 aromatic rings. The van der Waals surface area contributed by atoms with Crippen molar-refractivity contribution in [3.63, 3.8) is 0 Å². The molecule has 2 atom stereocenters. The third-order valence-corrected chi connectivity index (χ3v) is 3.22. The lowest BCUT2D eigenvalue weighted by Gasteiger charge is -2.27. The van der Waals surface area contributed by atoms with Crippen LogP contribution >= 0.6 is 0 Å². The fraction of sp³-hybridized carbons (Fsp3) is 0.800. The lowest BCUT2D eigenvalue weighted by molar-refractivity contribution is -0.132. The molecule has 1 heterocycles. The summed E-state index contributed by atoms with van der Waals surface area (Å²) in [7, 11) is 0. The summed E-state index contributed by atoms with van der Waals surface area (Å²) >= 11 is 0. The van der Waals surface area contributed by atoms with Crippen LogP contribution < -0.4 is 0 Å². The average Bonchev–Trinajstić information content (AvgIpc) is 2.31. The molecule has 0 radical (unpaired) electrons. The number of ketones is 1. The van der Waals surface area contributed by atoms with Crippen LogP contribution in [-0.2, 0) is 9.53 Å². The van der Waals surface area contributed by atoms with Crippen LogP contribution in [0.5, 0.6) is 0 Å². The number of hydrogen-bond donors (Lipinski definition) is 0. The zero-order valence-electron chi connectivity index (χ0n) is 11.3. The second-order valence-electron chi connectivity index (χ2n) is 4.93. The first-order chi connectivity index (χ1) is 8.26. The van der Waals surface area contributed by atoms with E-state index in [4.69, 9.17) is 4.74 Å². The van der Waals surface area contributed by atoms with Crippen LogP contribution in [0.3, 0.4) is 0 Å². The molecule has 0 unspecified atom stereocenters. The van der Waals surface area contributed by atoms with Gasteiger partial charge in [-0.2, -0.15) is 0 Å². The van der Waals surface area contributed by atoms with Gasteiger partial charge in [0.25, 0.3) is 0 Å². The first-order valence-corrected chi connectivity index (χ1v) is 7.10. The van der Waals surface area contributed by atoms with Gasteiger partial charge < -0.3 is 4.74 Å². The van der Waals surface area contributed by atoms with E-state index in [1.165, 1.54) is 25.7 Å². The molecule has 1 aliphatic heterocycles. The quantitative estimate of drug-likeness (QED) is 0.494. The van der Waals surface area contributed by atoms with E-state index >= 15 is 0 Å². The third-order valence-electron chi connectivity index (χ3n) is 3.22. The first kappa shape index (κ1) is 14.4. The van der Waals surface area contributed by atoms with Crippen molar-refractivity contribution in [2.45, 2.75) is 77.4 Å². The Balaban J connectivity index is 2.29. The van der Waals surface area contributed by atoms with Crippen molar-refractivity contribution in [3.05, 3.63) is 12.2 Å². The van der Waals surface area contributed by atoms with Crippen LogP contribution in [0.2, 0.25) is 0 Å². The van der Waals surface area contributed by atoms with Gasteiger partial charge in [-0.15, -0.1) is 0 Å². The van der Waals surface area contributed by atoms with Gasteiger partial charge in [-0.3, -0.25) is 4.79 Å². The van der Waals surface area contributed by atoms with E-state index in [-0.39, 0.29) is 12.2 Å². The summed E-state index contributed by atoms with van der Waals surface area (Å²) in [6, 6.07) is 0. The lowest BCUT2D eigenvalue weighted by Crippen LogP contribution is -2.32. The molecule has 17 heavy (non-hydrogen) atoms. The predicted molar refractivity (Wildman–Crippen MR) is 71.1 cm³/mol. The van der Waals surface area contributed by atoms with Gasteiger partial charge in [-0.05, 0) is 12.8 Å². The number of carbonyl (C=O) groups excluding carboxylic acids is 1. The average molecular weight is 238 g/mol. The van der Waals surface area contributed by atoms with Gasteiger partial charge in [0.15, 0.2) is 0 Å². The van der Waals surface area contributed by atoms with E-state index in [9.17, 15) is 4.79 Å². The number of allylic oxidation sites excluding steroid dienone is 1. The monoisotopic (exact) mass is 238 g/mol. The van der Waals surface area contributed by atoms with Crippen molar-refractivity contribution in [2.75, 3.05) is 0 Å². The Kier molecular flexibility index (Phi) is 7.18. The number of hydrogen-bond acceptors (Lipinski definition) is 2. The summed E-state index contributed by atoms with van der Waals surface area (Å²) in [6.45, 7) is 4.32. The molecular weight excluding hydrogens is 212 g/mol. The van der Waals surface area contributed by atoms with E-state index in [0.717, 1.165) is 12.8 Å². The normalized spacial score (nSPS) is 25.6. The molecule has 0 aromatic heterocycles.